The molecule has 2 atom stereocenters. The van der Waals surface area contributed by atoms with Crippen LogP contribution in [-0.4, -0.2) is 29.6 Å². The van der Waals surface area contributed by atoms with Gasteiger partial charge in [0.05, 0.1) is 5.69 Å². The highest BCUT2D eigenvalue weighted by atomic mass is 15.1. The summed E-state index contributed by atoms with van der Waals surface area (Å²) in [6, 6.07) is 4.65. The fourth-order valence-electron chi connectivity index (χ4n) is 4.39. The fraction of sp³-hybridized carbons (Fsp3) is 0.545. The van der Waals surface area contributed by atoms with Crippen LogP contribution in [0.15, 0.2) is 18.3 Å². The van der Waals surface area contributed by atoms with Crippen molar-refractivity contribution in [2.45, 2.75) is 52.4 Å². The van der Waals surface area contributed by atoms with E-state index in [-0.39, 0.29) is 0 Å². The molecule has 0 radical (unpaired) electrons. The molecular weight excluding hydrogens is 334 g/mol. The van der Waals surface area contributed by atoms with Crippen molar-refractivity contribution < 1.29 is 0 Å². The molecule has 4 rings (SSSR count). The van der Waals surface area contributed by atoms with Crippen molar-refractivity contribution in [3.63, 3.8) is 0 Å². The summed E-state index contributed by atoms with van der Waals surface area (Å²) in [4.78, 5) is 9.43. The van der Waals surface area contributed by atoms with Crippen LogP contribution >= 0.6 is 0 Å². The maximum absolute atomic E-state index is 4.82. The molecule has 2 aromatic heterocycles. The van der Waals surface area contributed by atoms with E-state index < -0.39 is 0 Å². The summed E-state index contributed by atoms with van der Waals surface area (Å²) in [7, 11) is 0. The number of hydrogen-bond acceptors (Lipinski definition) is 5. The van der Waals surface area contributed by atoms with Crippen molar-refractivity contribution in [1.29, 1.82) is 0 Å². The predicted octanol–water partition coefficient (Wildman–Crippen LogP) is 4.52. The molecule has 1 unspecified atom stereocenters. The van der Waals surface area contributed by atoms with Crippen molar-refractivity contribution in [1.82, 2.24) is 9.97 Å². The van der Waals surface area contributed by atoms with Gasteiger partial charge in [-0.3, -0.25) is 0 Å². The van der Waals surface area contributed by atoms with Crippen LogP contribution in [-0.2, 0) is 6.42 Å². The van der Waals surface area contributed by atoms with Crippen molar-refractivity contribution in [3.8, 4) is 0 Å². The lowest BCUT2D eigenvalue weighted by Gasteiger charge is -2.29. The molecule has 3 N–H and O–H groups in total. The zero-order valence-electron chi connectivity index (χ0n) is 16.9. The Bertz CT molecular complexity index is 830. The number of anilines is 3. The minimum Gasteiger partial charge on any atom is -0.380 e. The van der Waals surface area contributed by atoms with Crippen LogP contribution < -0.4 is 16.0 Å². The molecule has 2 aliphatic heterocycles. The molecule has 0 bridgehead atoms. The number of pyridine rings is 2. The fourth-order valence-corrected chi connectivity index (χ4v) is 4.39. The summed E-state index contributed by atoms with van der Waals surface area (Å²) >= 11 is 0. The molecule has 2 aromatic rings. The lowest BCUT2D eigenvalue weighted by atomic mass is 9.84. The second-order valence-corrected chi connectivity index (χ2v) is 8.43. The van der Waals surface area contributed by atoms with E-state index >= 15 is 0 Å². The van der Waals surface area contributed by atoms with Crippen LogP contribution in [0.25, 0.3) is 0 Å². The molecule has 0 saturated carbocycles. The summed E-state index contributed by atoms with van der Waals surface area (Å²) in [5.41, 5.74) is 6.37. The van der Waals surface area contributed by atoms with Crippen LogP contribution in [0, 0.1) is 12.8 Å². The minimum atomic E-state index is 0.489. The zero-order valence-corrected chi connectivity index (χ0v) is 16.9. The van der Waals surface area contributed by atoms with Crippen molar-refractivity contribution in [2.75, 3.05) is 35.6 Å². The molecule has 0 aliphatic carbocycles. The van der Waals surface area contributed by atoms with E-state index in [2.05, 4.69) is 60.8 Å². The second kappa shape index (κ2) is 7.37. The first kappa shape index (κ1) is 18.1. The maximum atomic E-state index is 4.82. The van der Waals surface area contributed by atoms with Gasteiger partial charge in [-0.25, -0.2) is 9.97 Å². The first-order valence-electron chi connectivity index (χ1n) is 10.2. The summed E-state index contributed by atoms with van der Waals surface area (Å²) in [5, 5.41) is 10.4. The monoisotopic (exact) mass is 365 g/mol. The average molecular weight is 366 g/mol. The number of aryl methyl sites for hydroxylation is 1. The minimum absolute atomic E-state index is 0.489. The third-order valence-electron chi connectivity index (χ3n) is 5.92. The van der Waals surface area contributed by atoms with E-state index in [9.17, 15) is 0 Å². The summed E-state index contributed by atoms with van der Waals surface area (Å²) in [6.07, 6.45) is 4.30. The second-order valence-electron chi connectivity index (χ2n) is 8.43. The van der Waals surface area contributed by atoms with Gasteiger partial charge in [0, 0.05) is 31.5 Å². The van der Waals surface area contributed by atoms with Gasteiger partial charge >= 0.3 is 0 Å². The quantitative estimate of drug-likeness (QED) is 0.743. The molecule has 0 saturated heterocycles. The SMILES string of the molecule is Cc1nc2c(cc1C(C)C)CC(C[C@H](C)c1cnc3c(c1)NCCN3)CN2. The molecule has 4 heterocycles. The predicted molar refractivity (Wildman–Crippen MR) is 113 cm³/mol. The summed E-state index contributed by atoms with van der Waals surface area (Å²) in [6.45, 7) is 11.8. The van der Waals surface area contributed by atoms with Gasteiger partial charge < -0.3 is 16.0 Å². The zero-order chi connectivity index (χ0) is 19.0. The Kier molecular flexibility index (Phi) is 4.94. The highest BCUT2D eigenvalue weighted by Crippen LogP contribution is 2.34. The topological polar surface area (TPSA) is 61.9 Å². The van der Waals surface area contributed by atoms with Gasteiger partial charge in [0.15, 0.2) is 0 Å². The van der Waals surface area contributed by atoms with Gasteiger partial charge in [-0.15, -0.1) is 0 Å². The van der Waals surface area contributed by atoms with Crippen molar-refractivity contribution >= 4 is 17.3 Å². The van der Waals surface area contributed by atoms with Crippen LogP contribution in [0.4, 0.5) is 17.3 Å². The molecule has 27 heavy (non-hydrogen) atoms. The van der Waals surface area contributed by atoms with Gasteiger partial charge in [-0.1, -0.05) is 26.8 Å². The first-order valence-corrected chi connectivity index (χ1v) is 10.2. The molecular formula is C22H31N5. The Morgan fingerprint density at radius 2 is 1.89 bits per heavy atom. The summed E-state index contributed by atoms with van der Waals surface area (Å²) < 4.78 is 0. The van der Waals surface area contributed by atoms with Crippen LogP contribution in [0.3, 0.4) is 0 Å². The Morgan fingerprint density at radius 3 is 2.70 bits per heavy atom. The van der Waals surface area contributed by atoms with Gasteiger partial charge in [0.2, 0.25) is 0 Å². The smallest absolute Gasteiger partial charge is 0.149 e. The van der Waals surface area contributed by atoms with E-state index in [4.69, 9.17) is 4.98 Å². The van der Waals surface area contributed by atoms with Crippen molar-refractivity contribution in [3.05, 3.63) is 40.7 Å². The Labute approximate surface area is 162 Å². The van der Waals surface area contributed by atoms with E-state index in [1.54, 1.807) is 0 Å². The molecule has 0 spiro atoms. The summed E-state index contributed by atoms with van der Waals surface area (Å²) in [5.74, 6) is 3.70. The number of hydrogen-bond donors (Lipinski definition) is 3. The Hall–Kier alpha value is -2.30. The van der Waals surface area contributed by atoms with Crippen LogP contribution in [0.1, 0.15) is 61.4 Å². The molecule has 2 aliphatic rings. The molecule has 0 aromatic carbocycles. The average Bonchev–Trinajstić information content (AvgIpc) is 2.67. The maximum Gasteiger partial charge on any atom is 0.149 e. The number of nitrogens with zero attached hydrogens (tertiary/aromatic N) is 2. The first-order chi connectivity index (χ1) is 13.0. The standard InChI is InChI=1S/C22H31N5/c1-13(2)19-9-17-8-16(11-25-21(17)27-15(19)4)7-14(3)18-10-20-22(26-12-18)24-6-5-23-20/h9-10,12-14,16,23H,5-8,11H2,1-4H3,(H,24,26)(H,25,27)/t14-,16?/m0/s1. The van der Waals surface area contributed by atoms with E-state index in [0.29, 0.717) is 17.8 Å². The third kappa shape index (κ3) is 3.73. The van der Waals surface area contributed by atoms with Gasteiger partial charge in [-0.2, -0.15) is 0 Å². The largest absolute Gasteiger partial charge is 0.380 e. The molecule has 0 fully saturated rings. The molecule has 5 heteroatoms. The number of nitrogens with one attached hydrogen (secondary N) is 3. The number of rotatable bonds is 4. The molecule has 144 valence electrons. The third-order valence-corrected chi connectivity index (χ3v) is 5.92. The van der Waals surface area contributed by atoms with Gasteiger partial charge in [-0.05, 0) is 60.3 Å². The number of aromatic nitrogens is 2. The lowest BCUT2D eigenvalue weighted by Crippen LogP contribution is -2.26. The normalized spacial score (nSPS) is 19.4. The lowest BCUT2D eigenvalue weighted by molar-refractivity contribution is 0.453. The van der Waals surface area contributed by atoms with Gasteiger partial charge in [0.25, 0.3) is 0 Å². The Morgan fingerprint density at radius 1 is 1.07 bits per heavy atom. The number of fused-ring (bicyclic) bond motifs is 2. The van der Waals surface area contributed by atoms with E-state index in [1.165, 1.54) is 16.7 Å². The van der Waals surface area contributed by atoms with Gasteiger partial charge in [0.1, 0.15) is 11.6 Å². The Balaban J connectivity index is 1.47. The highest BCUT2D eigenvalue weighted by Gasteiger charge is 2.24. The molecule has 5 nitrogen and oxygen atoms in total. The highest BCUT2D eigenvalue weighted by molar-refractivity contribution is 5.67. The van der Waals surface area contributed by atoms with Crippen LogP contribution in [0.2, 0.25) is 0 Å². The van der Waals surface area contributed by atoms with E-state index in [1.807, 2.05) is 6.20 Å². The van der Waals surface area contributed by atoms with Crippen LogP contribution in [0.5, 0.6) is 0 Å². The molecule has 0 amide bonds. The van der Waals surface area contributed by atoms with E-state index in [0.717, 1.165) is 55.5 Å². The van der Waals surface area contributed by atoms with Crippen molar-refractivity contribution in [2.24, 2.45) is 5.92 Å².